The summed E-state index contributed by atoms with van der Waals surface area (Å²) in [6, 6.07) is 9.59. The van der Waals surface area contributed by atoms with E-state index in [4.69, 9.17) is 16.3 Å². The average Bonchev–Trinajstić information content (AvgIpc) is 3.12. The number of aromatic nitrogens is 3. The number of ether oxygens (including phenoxy) is 2. The average molecular weight is 580 g/mol. The quantitative estimate of drug-likeness (QED) is 0.231. The minimum Gasteiger partial charge on any atom is -0.497 e. The Kier molecular flexibility index (Phi) is 8.05. The van der Waals surface area contributed by atoms with Gasteiger partial charge in [0.05, 0.1) is 18.4 Å². The van der Waals surface area contributed by atoms with E-state index in [1.807, 2.05) is 0 Å². The van der Waals surface area contributed by atoms with E-state index in [0.717, 1.165) is 33.6 Å². The third-order valence-electron chi connectivity index (χ3n) is 5.84. The molecule has 0 aliphatic rings. The first-order valence-electron chi connectivity index (χ1n) is 11.5. The first-order valence-corrected chi connectivity index (χ1v) is 11.9. The van der Waals surface area contributed by atoms with E-state index >= 15 is 8.78 Å². The van der Waals surface area contributed by atoms with Crippen LogP contribution in [0.1, 0.15) is 10.4 Å². The van der Waals surface area contributed by atoms with E-state index in [-0.39, 0.29) is 33.7 Å². The summed E-state index contributed by atoms with van der Waals surface area (Å²) >= 11 is 6.12. The topological polar surface area (TPSA) is 90.6 Å². The molecule has 0 saturated heterocycles. The van der Waals surface area contributed by atoms with Gasteiger partial charge >= 0.3 is 6.61 Å². The Morgan fingerprint density at radius 2 is 1.68 bits per heavy atom. The summed E-state index contributed by atoms with van der Waals surface area (Å²) < 4.78 is 66.9. The highest BCUT2D eigenvalue weighted by atomic mass is 35.5. The van der Waals surface area contributed by atoms with Crippen molar-refractivity contribution in [2.45, 2.75) is 6.61 Å². The molecule has 4 aromatic rings. The van der Waals surface area contributed by atoms with Gasteiger partial charge in [-0.05, 0) is 36.4 Å². The van der Waals surface area contributed by atoms with Crippen LogP contribution in [-0.2, 0) is 7.05 Å². The van der Waals surface area contributed by atoms with Crippen molar-refractivity contribution in [3.05, 3.63) is 81.2 Å². The van der Waals surface area contributed by atoms with Gasteiger partial charge in [-0.2, -0.15) is 13.5 Å². The first-order chi connectivity index (χ1) is 18.9. The third-order valence-corrected chi connectivity index (χ3v) is 6.05. The molecule has 0 saturated carbocycles. The molecule has 1 amide bonds. The van der Waals surface area contributed by atoms with Gasteiger partial charge in [-0.15, -0.1) is 0 Å². The van der Waals surface area contributed by atoms with E-state index in [2.05, 4.69) is 15.0 Å². The normalized spacial score (nSPS) is 11.1. The van der Waals surface area contributed by atoms with Crippen molar-refractivity contribution in [2.75, 3.05) is 31.4 Å². The van der Waals surface area contributed by atoms with Gasteiger partial charge in [0.25, 0.3) is 11.5 Å². The molecule has 40 heavy (non-hydrogen) atoms. The van der Waals surface area contributed by atoms with Crippen LogP contribution in [0.15, 0.2) is 53.3 Å². The number of benzene rings is 2. The van der Waals surface area contributed by atoms with E-state index in [1.54, 1.807) is 25.1 Å². The number of alkyl halides is 2. The number of hydrogen-bond donors (Lipinski definition) is 1. The number of rotatable bonds is 8. The van der Waals surface area contributed by atoms with Crippen molar-refractivity contribution in [2.24, 2.45) is 7.05 Å². The summed E-state index contributed by atoms with van der Waals surface area (Å²) in [5.74, 6) is -3.28. The second-order valence-electron chi connectivity index (χ2n) is 8.56. The fourth-order valence-corrected chi connectivity index (χ4v) is 4.18. The van der Waals surface area contributed by atoms with E-state index < -0.39 is 41.0 Å². The molecule has 0 aliphatic heterocycles. The SMILES string of the molecule is COc1cc(F)c(-c2c(NC(=O)c3ccc(OC(F)F)cc3)c(=O)n(-c3nc(Cl)ccc3N(C)C)n2C)c(F)c1. The third kappa shape index (κ3) is 5.45. The molecule has 4 rings (SSSR count). The zero-order chi connectivity index (χ0) is 29.3. The molecule has 14 heteroatoms. The van der Waals surface area contributed by atoms with Crippen LogP contribution < -0.4 is 25.2 Å². The monoisotopic (exact) mass is 579 g/mol. The van der Waals surface area contributed by atoms with Crippen molar-refractivity contribution >= 4 is 28.9 Å². The predicted molar refractivity (Wildman–Crippen MR) is 141 cm³/mol. The molecule has 9 nitrogen and oxygen atoms in total. The molecule has 1 N–H and O–H groups in total. The minimum absolute atomic E-state index is 0.0228. The summed E-state index contributed by atoms with van der Waals surface area (Å²) in [5.41, 5.74) is -1.91. The number of carbonyl (C=O) groups excluding carboxylic acids is 1. The summed E-state index contributed by atoms with van der Waals surface area (Å²) in [7, 11) is 5.97. The lowest BCUT2D eigenvalue weighted by atomic mass is 10.1. The number of pyridine rings is 1. The second kappa shape index (κ2) is 11.3. The van der Waals surface area contributed by atoms with Gasteiger partial charge in [0, 0.05) is 38.8 Å². The van der Waals surface area contributed by atoms with Gasteiger partial charge in [-0.3, -0.25) is 14.3 Å². The lowest BCUT2D eigenvalue weighted by Gasteiger charge is -2.18. The highest BCUT2D eigenvalue weighted by molar-refractivity contribution is 6.29. The van der Waals surface area contributed by atoms with E-state index in [1.165, 1.54) is 32.4 Å². The zero-order valence-corrected chi connectivity index (χ0v) is 22.3. The largest absolute Gasteiger partial charge is 0.497 e. The number of hydrogen-bond acceptors (Lipinski definition) is 6. The summed E-state index contributed by atoms with van der Waals surface area (Å²) in [6.45, 7) is -3.06. The van der Waals surface area contributed by atoms with Crippen LogP contribution in [0, 0.1) is 11.6 Å². The zero-order valence-electron chi connectivity index (χ0n) is 21.5. The molecule has 0 radical (unpaired) electrons. The van der Waals surface area contributed by atoms with Gasteiger partial charge in [0.15, 0.2) is 5.82 Å². The van der Waals surface area contributed by atoms with Crippen molar-refractivity contribution in [1.29, 1.82) is 0 Å². The molecule has 0 spiro atoms. The molecule has 210 valence electrons. The molecule has 0 atom stereocenters. The lowest BCUT2D eigenvalue weighted by Crippen LogP contribution is -2.26. The maximum Gasteiger partial charge on any atom is 0.387 e. The Labute approximate surface area is 230 Å². The van der Waals surface area contributed by atoms with Crippen LogP contribution in [0.4, 0.5) is 28.9 Å². The molecular weight excluding hydrogens is 558 g/mol. The maximum absolute atomic E-state index is 15.3. The minimum atomic E-state index is -3.06. The van der Waals surface area contributed by atoms with Crippen LogP contribution in [-0.4, -0.2) is 48.1 Å². The fraction of sp³-hybridized carbons (Fsp3) is 0.192. The Balaban J connectivity index is 1.94. The molecular formula is C26H22ClF4N5O4. The molecule has 0 bridgehead atoms. The fourth-order valence-electron chi connectivity index (χ4n) is 4.03. The molecule has 2 aromatic heterocycles. The summed E-state index contributed by atoms with van der Waals surface area (Å²) in [5, 5.41) is 2.45. The summed E-state index contributed by atoms with van der Waals surface area (Å²) in [4.78, 5) is 32.8. The van der Waals surface area contributed by atoms with Crippen molar-refractivity contribution in [1.82, 2.24) is 14.3 Å². The van der Waals surface area contributed by atoms with Crippen LogP contribution in [0.25, 0.3) is 17.1 Å². The van der Waals surface area contributed by atoms with E-state index in [9.17, 15) is 18.4 Å². The van der Waals surface area contributed by atoms with Gasteiger partial charge in [-0.1, -0.05) is 11.6 Å². The van der Waals surface area contributed by atoms with Gasteiger partial charge in [-0.25, -0.2) is 13.8 Å². The Morgan fingerprint density at radius 1 is 1.05 bits per heavy atom. The van der Waals surface area contributed by atoms with Crippen molar-refractivity contribution in [3.8, 4) is 28.6 Å². The number of halogens is 5. The summed E-state index contributed by atoms with van der Waals surface area (Å²) in [6.07, 6.45) is 0. The van der Waals surface area contributed by atoms with E-state index in [0.29, 0.717) is 5.69 Å². The first kappa shape index (κ1) is 28.5. The highest BCUT2D eigenvalue weighted by Gasteiger charge is 2.29. The van der Waals surface area contributed by atoms with Crippen LogP contribution in [0.2, 0.25) is 5.15 Å². The standard InChI is InChI=1S/C26H22ClF4N5O4/c1-34(2)18-9-10-19(27)32-23(18)36-25(38)21(33-24(37)13-5-7-14(8-6-13)40-26(30)31)22(35(36)3)20-16(28)11-15(39-4)12-17(20)29/h5-12,26H,1-4H3,(H,33,37). The van der Waals surface area contributed by atoms with Crippen molar-refractivity contribution in [3.63, 3.8) is 0 Å². The number of amides is 1. The smallest absolute Gasteiger partial charge is 0.387 e. The molecule has 2 heterocycles. The number of carbonyl (C=O) groups is 1. The van der Waals surface area contributed by atoms with Crippen LogP contribution >= 0.6 is 11.6 Å². The Hall–Kier alpha value is -4.52. The lowest BCUT2D eigenvalue weighted by molar-refractivity contribution is -0.0498. The predicted octanol–water partition coefficient (Wildman–Crippen LogP) is 5.10. The molecule has 0 aliphatic carbocycles. The Morgan fingerprint density at radius 3 is 2.23 bits per heavy atom. The highest BCUT2D eigenvalue weighted by Crippen LogP contribution is 2.35. The molecule has 0 fully saturated rings. The van der Waals surface area contributed by atoms with Gasteiger partial charge in [0.2, 0.25) is 0 Å². The molecule has 2 aromatic carbocycles. The van der Waals surface area contributed by atoms with Crippen LogP contribution in [0.5, 0.6) is 11.5 Å². The van der Waals surface area contributed by atoms with Crippen molar-refractivity contribution < 1.29 is 31.8 Å². The van der Waals surface area contributed by atoms with Gasteiger partial charge < -0.3 is 19.7 Å². The number of anilines is 2. The number of methoxy groups -OCH3 is 1. The number of nitrogens with one attached hydrogen (secondary N) is 1. The maximum atomic E-state index is 15.3. The Bertz CT molecular complexity index is 1610. The second-order valence-corrected chi connectivity index (χ2v) is 8.95. The van der Waals surface area contributed by atoms with Gasteiger partial charge in [0.1, 0.15) is 39.7 Å². The van der Waals surface area contributed by atoms with Crippen LogP contribution in [0.3, 0.4) is 0 Å². The number of nitrogens with zero attached hydrogens (tertiary/aromatic N) is 4. The molecule has 0 unspecified atom stereocenters.